The van der Waals surface area contributed by atoms with Crippen LogP contribution < -0.4 is 5.56 Å². The Labute approximate surface area is 198 Å². The van der Waals surface area contributed by atoms with E-state index in [2.05, 4.69) is 0 Å². The lowest BCUT2D eigenvalue weighted by molar-refractivity contribution is -0.158. The zero-order chi connectivity index (χ0) is 25.1. The molecular formula is C23H22ClF3N2O5. The first-order chi connectivity index (χ1) is 16.0. The molecule has 0 N–H and O–H groups in total. The third-order valence-corrected chi connectivity index (χ3v) is 6.22. The van der Waals surface area contributed by atoms with Gasteiger partial charge in [-0.2, -0.15) is 13.2 Å². The number of nitrogens with zero attached hydrogens (tertiary/aromatic N) is 2. The van der Waals surface area contributed by atoms with Gasteiger partial charge in [0, 0.05) is 36.3 Å². The normalized spacial score (nSPS) is 18.4. The van der Waals surface area contributed by atoms with E-state index in [-0.39, 0.29) is 12.2 Å². The van der Waals surface area contributed by atoms with Crippen LogP contribution in [0.1, 0.15) is 36.8 Å². The molecule has 1 saturated carbocycles. The van der Waals surface area contributed by atoms with Crippen LogP contribution in [0.15, 0.2) is 47.4 Å². The molecule has 0 saturated heterocycles. The van der Waals surface area contributed by atoms with Gasteiger partial charge >= 0.3 is 12.1 Å². The van der Waals surface area contributed by atoms with Crippen LogP contribution in [0, 0.1) is 0 Å². The molecule has 0 radical (unpaired) electrons. The molecule has 1 aliphatic rings. The molecule has 182 valence electrons. The largest absolute Gasteiger partial charge is 0.454 e. The molecule has 1 heterocycles. The number of Topliss-reactive ketones (excluding diaryl/α,β-unsaturated/α-hetero) is 1. The molecule has 0 aliphatic heterocycles. The summed E-state index contributed by atoms with van der Waals surface area (Å²) in [5.41, 5.74) is -2.79. The Bertz CT molecular complexity index is 1160. The summed E-state index contributed by atoms with van der Waals surface area (Å²) in [6.45, 7) is -1.57. The van der Waals surface area contributed by atoms with Crippen LogP contribution in [0.2, 0.25) is 5.02 Å². The van der Waals surface area contributed by atoms with Crippen molar-refractivity contribution in [1.29, 1.82) is 0 Å². The van der Waals surface area contributed by atoms with Gasteiger partial charge in [-0.15, -0.1) is 0 Å². The summed E-state index contributed by atoms with van der Waals surface area (Å²) in [4.78, 5) is 51.2. The number of carbonyl (C=O) groups is 3. The molecule has 0 bridgehead atoms. The third-order valence-electron chi connectivity index (χ3n) is 5.89. The summed E-state index contributed by atoms with van der Waals surface area (Å²) in [5, 5.41) is 0.318. The van der Waals surface area contributed by atoms with E-state index in [1.807, 2.05) is 0 Å². The summed E-state index contributed by atoms with van der Waals surface area (Å²) >= 11 is 6.35. The van der Waals surface area contributed by atoms with Gasteiger partial charge < -0.3 is 14.2 Å². The van der Waals surface area contributed by atoms with Crippen LogP contribution in [0.25, 0.3) is 0 Å². The summed E-state index contributed by atoms with van der Waals surface area (Å²) < 4.78 is 44.1. The lowest BCUT2D eigenvalue weighted by Gasteiger charge is -2.43. The van der Waals surface area contributed by atoms with E-state index in [0.29, 0.717) is 52.7 Å². The fraction of sp³-hybridized carbons (Fsp3) is 0.391. The Kier molecular flexibility index (Phi) is 7.50. The quantitative estimate of drug-likeness (QED) is 0.568. The first-order valence-corrected chi connectivity index (χ1v) is 10.8. The molecule has 7 nitrogen and oxygen atoms in total. The molecule has 0 unspecified atom stereocenters. The Morgan fingerprint density at radius 2 is 1.85 bits per heavy atom. The Hall–Kier alpha value is -3.14. The van der Waals surface area contributed by atoms with Gasteiger partial charge in [0.2, 0.25) is 0 Å². The predicted octanol–water partition coefficient (Wildman–Crippen LogP) is 3.56. The number of esters is 1. The Morgan fingerprint density at radius 1 is 1.15 bits per heavy atom. The average Bonchev–Trinajstić information content (AvgIpc) is 2.78. The van der Waals surface area contributed by atoms with Crippen molar-refractivity contribution in [2.45, 2.75) is 43.9 Å². The maximum atomic E-state index is 13.1. The fourth-order valence-electron chi connectivity index (χ4n) is 4.09. The van der Waals surface area contributed by atoms with Gasteiger partial charge in [-0.1, -0.05) is 29.8 Å². The summed E-state index contributed by atoms with van der Waals surface area (Å²) in [5.74, 6) is -1.96. The van der Waals surface area contributed by atoms with E-state index in [0.717, 1.165) is 0 Å². The molecule has 11 heteroatoms. The number of pyridine rings is 1. The second-order valence-electron chi connectivity index (χ2n) is 7.97. The van der Waals surface area contributed by atoms with Gasteiger partial charge in [0.1, 0.15) is 12.1 Å². The lowest BCUT2D eigenvalue weighted by atomic mass is 9.74. The zero-order valence-corrected chi connectivity index (χ0v) is 19.0. The minimum absolute atomic E-state index is 0.190. The SMILES string of the molecule is CN(C(=O)COC(=O)Cn1cc(C(F)(F)F)ccc1=O)[C@@]1(c2ccccc2Cl)CCCCC1=O. The second kappa shape index (κ2) is 10.0. The summed E-state index contributed by atoms with van der Waals surface area (Å²) in [6.07, 6.45) is -2.25. The lowest BCUT2D eigenvalue weighted by Crippen LogP contribution is -2.55. The van der Waals surface area contributed by atoms with E-state index in [4.69, 9.17) is 16.3 Å². The number of hydrogen-bond donors (Lipinski definition) is 0. The molecule has 1 aromatic heterocycles. The number of ketones is 1. The number of ether oxygens (including phenoxy) is 1. The second-order valence-corrected chi connectivity index (χ2v) is 8.37. The third kappa shape index (κ3) is 5.16. The van der Waals surface area contributed by atoms with Crippen LogP contribution in [0.4, 0.5) is 13.2 Å². The molecule has 1 amide bonds. The van der Waals surface area contributed by atoms with Crippen LogP contribution in [0.5, 0.6) is 0 Å². The maximum Gasteiger partial charge on any atom is 0.417 e. The van der Waals surface area contributed by atoms with Crippen LogP contribution in [0.3, 0.4) is 0 Å². The van der Waals surface area contributed by atoms with Crippen molar-refractivity contribution in [2.24, 2.45) is 0 Å². The number of carbonyl (C=O) groups excluding carboxylic acids is 3. The first kappa shape index (κ1) is 25.5. The minimum atomic E-state index is -4.70. The monoisotopic (exact) mass is 498 g/mol. The van der Waals surface area contributed by atoms with Crippen molar-refractivity contribution >= 4 is 29.3 Å². The molecule has 1 fully saturated rings. The van der Waals surface area contributed by atoms with E-state index < -0.39 is 47.9 Å². The Balaban J connectivity index is 1.75. The van der Waals surface area contributed by atoms with Crippen LogP contribution >= 0.6 is 11.6 Å². The standard InChI is InChI=1S/C23H22ClF3N2O5/c1-28(22(11-5-4-8-18(22)30)16-6-2-3-7-17(16)24)20(32)14-34-21(33)13-29-12-15(23(25,26)27)9-10-19(29)31/h2-3,6-7,9-10,12H,4-5,8,11,13-14H2,1H3/t22-/m1/s1. The molecule has 0 spiro atoms. The number of benzene rings is 1. The Morgan fingerprint density at radius 3 is 2.50 bits per heavy atom. The van der Waals surface area contributed by atoms with E-state index in [9.17, 15) is 32.3 Å². The summed E-state index contributed by atoms with van der Waals surface area (Å²) in [6, 6.07) is 7.99. The first-order valence-electron chi connectivity index (χ1n) is 10.4. The zero-order valence-electron chi connectivity index (χ0n) is 18.2. The van der Waals surface area contributed by atoms with Crippen LogP contribution in [-0.4, -0.2) is 40.8 Å². The fourth-order valence-corrected chi connectivity index (χ4v) is 4.38. The van der Waals surface area contributed by atoms with Gasteiger partial charge in [0.25, 0.3) is 11.5 Å². The molecule has 1 aromatic carbocycles. The van der Waals surface area contributed by atoms with E-state index in [1.165, 1.54) is 11.9 Å². The number of aromatic nitrogens is 1. The van der Waals surface area contributed by atoms with Crippen molar-refractivity contribution < 1.29 is 32.3 Å². The van der Waals surface area contributed by atoms with Gasteiger partial charge in [0.05, 0.1) is 5.56 Å². The van der Waals surface area contributed by atoms with Crippen molar-refractivity contribution in [3.05, 3.63) is 69.1 Å². The smallest absolute Gasteiger partial charge is 0.417 e. The van der Waals surface area contributed by atoms with Crippen molar-refractivity contribution in [2.75, 3.05) is 13.7 Å². The summed E-state index contributed by atoms with van der Waals surface area (Å²) in [7, 11) is 1.42. The number of likely N-dealkylation sites (N-methyl/N-ethyl adjacent to an activating group) is 1. The number of hydrogen-bond acceptors (Lipinski definition) is 5. The topological polar surface area (TPSA) is 85.7 Å². The predicted molar refractivity (Wildman–Crippen MR) is 116 cm³/mol. The molecule has 3 rings (SSSR count). The highest BCUT2D eigenvalue weighted by Crippen LogP contribution is 2.42. The highest BCUT2D eigenvalue weighted by molar-refractivity contribution is 6.31. The number of amides is 1. The maximum absolute atomic E-state index is 13.1. The van der Waals surface area contributed by atoms with Crippen molar-refractivity contribution in [1.82, 2.24) is 9.47 Å². The van der Waals surface area contributed by atoms with Crippen LogP contribution in [-0.2, 0) is 37.4 Å². The number of rotatable bonds is 6. The molecule has 1 atom stereocenters. The van der Waals surface area contributed by atoms with Gasteiger partial charge in [-0.05, 0) is 31.4 Å². The highest BCUT2D eigenvalue weighted by atomic mass is 35.5. The van der Waals surface area contributed by atoms with Gasteiger partial charge in [0.15, 0.2) is 12.4 Å². The van der Waals surface area contributed by atoms with E-state index in [1.54, 1.807) is 24.3 Å². The average molecular weight is 499 g/mol. The minimum Gasteiger partial charge on any atom is -0.454 e. The molecular weight excluding hydrogens is 477 g/mol. The van der Waals surface area contributed by atoms with Gasteiger partial charge in [-0.25, -0.2) is 0 Å². The number of alkyl halides is 3. The van der Waals surface area contributed by atoms with Gasteiger partial charge in [-0.3, -0.25) is 19.2 Å². The van der Waals surface area contributed by atoms with Crippen molar-refractivity contribution in [3.63, 3.8) is 0 Å². The van der Waals surface area contributed by atoms with Crippen molar-refractivity contribution in [3.8, 4) is 0 Å². The number of halogens is 4. The molecule has 34 heavy (non-hydrogen) atoms. The molecule has 1 aliphatic carbocycles. The highest BCUT2D eigenvalue weighted by Gasteiger charge is 2.48. The van der Waals surface area contributed by atoms with E-state index >= 15 is 0 Å². The molecule has 2 aromatic rings.